The van der Waals surface area contributed by atoms with Gasteiger partial charge in [0, 0.05) is 5.56 Å². The fourth-order valence-corrected chi connectivity index (χ4v) is 1.04. The van der Waals surface area contributed by atoms with Crippen LogP contribution in [0.4, 0.5) is 4.39 Å². The zero-order valence-corrected chi connectivity index (χ0v) is 6.61. The summed E-state index contributed by atoms with van der Waals surface area (Å²) in [5, 5.41) is 8.82. The number of halogens is 2. The van der Waals surface area contributed by atoms with Crippen molar-refractivity contribution in [3.8, 4) is 6.07 Å². The van der Waals surface area contributed by atoms with Gasteiger partial charge in [-0.25, -0.2) is 4.39 Å². The van der Waals surface area contributed by atoms with Gasteiger partial charge in [-0.3, -0.25) is 0 Å². The number of benzene rings is 1. The minimum Gasteiger partial charge on any atom is -0.207 e. The van der Waals surface area contributed by atoms with E-state index < -0.39 is 5.82 Å². The number of nitriles is 1. The molecule has 0 saturated carbocycles. The standard InChI is InChI=1S/C8H5ClFN/c1-5-6(4-11)7(9)2-3-8(5)10/h2-3H,1H3. The van der Waals surface area contributed by atoms with Crippen LogP contribution in [-0.2, 0) is 0 Å². The predicted octanol–water partition coefficient (Wildman–Crippen LogP) is 2.66. The molecule has 0 aromatic heterocycles. The first kappa shape index (κ1) is 8.03. The van der Waals surface area contributed by atoms with Crippen molar-refractivity contribution in [2.24, 2.45) is 0 Å². The van der Waals surface area contributed by atoms with Crippen LogP contribution in [-0.4, -0.2) is 0 Å². The fraction of sp³-hybridized carbons (Fsp3) is 0.125. The molecular formula is C8H5ClFN. The van der Waals surface area contributed by atoms with Crippen molar-refractivity contribution in [1.82, 2.24) is 0 Å². The normalized spacial score (nSPS) is 9.27. The Morgan fingerprint density at radius 3 is 2.64 bits per heavy atom. The second kappa shape index (κ2) is 2.89. The average molecular weight is 170 g/mol. The molecule has 0 radical (unpaired) electrons. The van der Waals surface area contributed by atoms with Crippen LogP contribution in [0.1, 0.15) is 11.1 Å². The molecule has 0 heterocycles. The van der Waals surface area contributed by atoms with Gasteiger partial charge in [-0.15, -0.1) is 0 Å². The molecule has 56 valence electrons. The smallest absolute Gasteiger partial charge is 0.127 e. The van der Waals surface area contributed by atoms with Crippen LogP contribution >= 0.6 is 11.6 Å². The van der Waals surface area contributed by atoms with Gasteiger partial charge < -0.3 is 0 Å². The molecule has 0 aliphatic rings. The van der Waals surface area contributed by atoms with E-state index in [0.29, 0.717) is 10.6 Å². The minimum absolute atomic E-state index is 0.215. The van der Waals surface area contributed by atoms with E-state index in [2.05, 4.69) is 0 Å². The monoisotopic (exact) mass is 169 g/mol. The van der Waals surface area contributed by atoms with Gasteiger partial charge in [0.25, 0.3) is 0 Å². The predicted molar refractivity (Wildman–Crippen MR) is 40.9 cm³/mol. The summed E-state index contributed by atoms with van der Waals surface area (Å²) < 4.78 is 12.7. The Labute approximate surface area is 69.0 Å². The van der Waals surface area contributed by atoms with Gasteiger partial charge in [-0.2, -0.15) is 5.26 Å². The van der Waals surface area contributed by atoms with Gasteiger partial charge in [-0.05, 0) is 19.1 Å². The third-order valence-corrected chi connectivity index (χ3v) is 1.77. The van der Waals surface area contributed by atoms with Gasteiger partial charge in [0.15, 0.2) is 0 Å². The van der Waals surface area contributed by atoms with Gasteiger partial charge in [0.05, 0.1) is 10.6 Å². The quantitative estimate of drug-likeness (QED) is 0.586. The lowest BCUT2D eigenvalue weighted by molar-refractivity contribution is 0.618. The summed E-state index contributed by atoms with van der Waals surface area (Å²) in [7, 11) is 0. The second-order valence-corrected chi connectivity index (χ2v) is 2.55. The molecule has 0 fully saturated rings. The molecule has 11 heavy (non-hydrogen) atoms. The number of hydrogen-bond donors (Lipinski definition) is 0. The molecule has 3 heteroatoms. The maximum Gasteiger partial charge on any atom is 0.127 e. The third kappa shape index (κ3) is 1.33. The highest BCUT2D eigenvalue weighted by Gasteiger charge is 2.06. The molecule has 0 spiro atoms. The van der Waals surface area contributed by atoms with Crippen LogP contribution in [0.5, 0.6) is 0 Å². The summed E-state index contributed by atoms with van der Waals surface area (Å²) in [6.07, 6.45) is 0. The molecule has 0 bridgehead atoms. The van der Waals surface area contributed by atoms with E-state index in [4.69, 9.17) is 16.9 Å². The Kier molecular flexibility index (Phi) is 2.11. The third-order valence-electron chi connectivity index (χ3n) is 1.46. The summed E-state index contributed by atoms with van der Waals surface area (Å²) >= 11 is 5.61. The first-order valence-electron chi connectivity index (χ1n) is 3.01. The zero-order valence-electron chi connectivity index (χ0n) is 5.86. The Morgan fingerprint density at radius 1 is 1.55 bits per heavy atom. The first-order valence-corrected chi connectivity index (χ1v) is 3.39. The lowest BCUT2D eigenvalue weighted by Gasteiger charge is -1.99. The molecule has 1 nitrogen and oxygen atoms in total. The van der Waals surface area contributed by atoms with Gasteiger partial charge in [0.2, 0.25) is 0 Å². The van der Waals surface area contributed by atoms with E-state index in [1.807, 2.05) is 6.07 Å². The summed E-state index contributed by atoms with van der Waals surface area (Å²) in [4.78, 5) is 0. The molecule has 0 atom stereocenters. The summed E-state index contributed by atoms with van der Waals surface area (Å²) in [6, 6.07) is 4.46. The van der Waals surface area contributed by atoms with E-state index >= 15 is 0 Å². The molecule has 0 saturated heterocycles. The fourth-order valence-electron chi connectivity index (χ4n) is 0.790. The average Bonchev–Trinajstić information content (AvgIpc) is 1.99. The molecule has 0 aliphatic carbocycles. The van der Waals surface area contributed by atoms with Crippen LogP contribution in [0.15, 0.2) is 12.1 Å². The van der Waals surface area contributed by atoms with Crippen molar-refractivity contribution in [3.63, 3.8) is 0 Å². The summed E-state index contributed by atoms with van der Waals surface area (Å²) in [5.41, 5.74) is 0.520. The van der Waals surface area contributed by atoms with Crippen LogP contribution < -0.4 is 0 Å². The molecule has 0 unspecified atom stereocenters. The lowest BCUT2D eigenvalue weighted by atomic mass is 10.1. The van der Waals surface area contributed by atoms with E-state index in [-0.39, 0.29) is 5.56 Å². The lowest BCUT2D eigenvalue weighted by Crippen LogP contribution is -1.88. The molecule has 1 aromatic carbocycles. The summed E-state index contributed by atoms with van der Waals surface area (Å²) in [6.45, 7) is 1.53. The number of rotatable bonds is 0. The molecule has 1 rings (SSSR count). The Balaban J connectivity index is 3.44. The maximum absolute atomic E-state index is 12.7. The molecule has 0 N–H and O–H groups in total. The van der Waals surface area contributed by atoms with E-state index in [0.717, 1.165) is 0 Å². The van der Waals surface area contributed by atoms with Crippen LogP contribution in [0.2, 0.25) is 5.02 Å². The van der Waals surface area contributed by atoms with E-state index in [9.17, 15) is 4.39 Å². The Morgan fingerprint density at radius 2 is 2.18 bits per heavy atom. The Bertz CT molecular complexity index is 328. The van der Waals surface area contributed by atoms with E-state index in [1.54, 1.807) is 0 Å². The van der Waals surface area contributed by atoms with E-state index in [1.165, 1.54) is 19.1 Å². The van der Waals surface area contributed by atoms with Crippen molar-refractivity contribution in [2.45, 2.75) is 6.92 Å². The minimum atomic E-state index is -0.397. The second-order valence-electron chi connectivity index (χ2n) is 2.14. The molecule has 1 aromatic rings. The number of nitrogens with zero attached hydrogens (tertiary/aromatic N) is 1. The van der Waals surface area contributed by atoms with Crippen molar-refractivity contribution in [1.29, 1.82) is 5.26 Å². The summed E-state index contributed by atoms with van der Waals surface area (Å²) in [5.74, 6) is -0.397. The van der Waals surface area contributed by atoms with Crippen molar-refractivity contribution in [3.05, 3.63) is 34.1 Å². The van der Waals surface area contributed by atoms with Crippen LogP contribution in [0.3, 0.4) is 0 Å². The molecule has 0 amide bonds. The highest BCUT2D eigenvalue weighted by Crippen LogP contribution is 2.20. The topological polar surface area (TPSA) is 23.8 Å². The largest absolute Gasteiger partial charge is 0.207 e. The van der Waals surface area contributed by atoms with Crippen LogP contribution in [0.25, 0.3) is 0 Å². The van der Waals surface area contributed by atoms with Crippen LogP contribution in [0, 0.1) is 24.1 Å². The SMILES string of the molecule is Cc1c(F)ccc(Cl)c1C#N. The van der Waals surface area contributed by atoms with Gasteiger partial charge >= 0.3 is 0 Å². The van der Waals surface area contributed by atoms with Gasteiger partial charge in [-0.1, -0.05) is 11.6 Å². The maximum atomic E-state index is 12.7. The zero-order chi connectivity index (χ0) is 8.43. The van der Waals surface area contributed by atoms with Gasteiger partial charge in [0.1, 0.15) is 11.9 Å². The van der Waals surface area contributed by atoms with Crippen molar-refractivity contribution in [2.75, 3.05) is 0 Å². The highest BCUT2D eigenvalue weighted by atomic mass is 35.5. The van der Waals surface area contributed by atoms with Crippen molar-refractivity contribution < 1.29 is 4.39 Å². The molecule has 0 aliphatic heterocycles. The highest BCUT2D eigenvalue weighted by molar-refractivity contribution is 6.31. The first-order chi connectivity index (χ1) is 5.16. The number of hydrogen-bond acceptors (Lipinski definition) is 1. The van der Waals surface area contributed by atoms with Crippen molar-refractivity contribution >= 4 is 11.6 Å². The molecular weight excluding hydrogens is 165 g/mol. The Hall–Kier alpha value is -1.07.